The molecule has 1 aliphatic heterocycles. The Hall–Kier alpha value is -1.26. The Kier molecular flexibility index (Phi) is 1.90. The lowest BCUT2D eigenvalue weighted by atomic mass is 10.1. The van der Waals surface area contributed by atoms with Crippen LogP contribution in [-0.4, -0.2) is 12.3 Å². The Bertz CT molecular complexity index is 358. The molecule has 0 radical (unpaired) electrons. The van der Waals surface area contributed by atoms with Crippen molar-refractivity contribution in [2.24, 2.45) is 0 Å². The number of halogens is 4. The van der Waals surface area contributed by atoms with Crippen LogP contribution in [0.25, 0.3) is 0 Å². The molecule has 0 spiro atoms. The number of fused-ring (bicyclic) bond motifs is 1. The van der Waals surface area contributed by atoms with Crippen LogP contribution in [-0.2, 0) is 6.42 Å². The van der Waals surface area contributed by atoms with E-state index in [2.05, 4.69) is 4.74 Å². The maximum Gasteiger partial charge on any atom is 0.425 e. The lowest BCUT2D eigenvalue weighted by Gasteiger charge is -2.13. The van der Waals surface area contributed by atoms with E-state index in [1.54, 1.807) is 0 Å². The van der Waals surface area contributed by atoms with Crippen molar-refractivity contribution in [3.63, 3.8) is 0 Å². The molecule has 0 aliphatic carbocycles. The highest BCUT2D eigenvalue weighted by Gasteiger charge is 2.45. The van der Waals surface area contributed by atoms with E-state index in [-0.39, 0.29) is 17.7 Å². The highest BCUT2D eigenvalue weighted by molar-refractivity contribution is 5.38. The van der Waals surface area contributed by atoms with Gasteiger partial charge >= 0.3 is 6.18 Å². The molecule has 0 N–H and O–H groups in total. The Morgan fingerprint density at radius 3 is 2.64 bits per heavy atom. The van der Waals surface area contributed by atoms with E-state index >= 15 is 0 Å². The molecule has 0 fully saturated rings. The minimum Gasteiger partial charge on any atom is -0.480 e. The van der Waals surface area contributed by atoms with Gasteiger partial charge in [0.15, 0.2) is 6.10 Å². The minimum absolute atomic E-state index is 0.119. The molecule has 2 rings (SSSR count). The molecule has 1 aromatic rings. The summed E-state index contributed by atoms with van der Waals surface area (Å²) in [5.74, 6) is -0.427. The normalized spacial score (nSPS) is 20.4. The predicted molar refractivity (Wildman–Crippen MR) is 40.6 cm³/mol. The second-order valence-electron chi connectivity index (χ2n) is 3.10. The zero-order chi connectivity index (χ0) is 10.3. The second kappa shape index (κ2) is 2.87. The maximum atomic E-state index is 12.6. The third kappa shape index (κ3) is 1.54. The number of benzene rings is 1. The number of ether oxygens (including phenoxy) is 1. The van der Waals surface area contributed by atoms with Crippen molar-refractivity contribution in [2.45, 2.75) is 18.7 Å². The Morgan fingerprint density at radius 2 is 2.00 bits per heavy atom. The zero-order valence-corrected chi connectivity index (χ0v) is 6.94. The van der Waals surface area contributed by atoms with Crippen molar-refractivity contribution in [2.75, 3.05) is 0 Å². The summed E-state index contributed by atoms with van der Waals surface area (Å²) >= 11 is 0. The highest BCUT2D eigenvalue weighted by atomic mass is 19.4. The van der Waals surface area contributed by atoms with Crippen LogP contribution in [0, 0.1) is 5.82 Å². The van der Waals surface area contributed by atoms with Crippen LogP contribution in [0.3, 0.4) is 0 Å². The van der Waals surface area contributed by atoms with Crippen molar-refractivity contribution in [3.05, 3.63) is 29.6 Å². The smallest absolute Gasteiger partial charge is 0.425 e. The van der Waals surface area contributed by atoms with E-state index in [4.69, 9.17) is 0 Å². The van der Waals surface area contributed by atoms with Crippen molar-refractivity contribution < 1.29 is 22.3 Å². The summed E-state index contributed by atoms with van der Waals surface area (Å²) in [6, 6.07) is 3.37. The first kappa shape index (κ1) is 9.30. The zero-order valence-electron chi connectivity index (χ0n) is 6.94. The van der Waals surface area contributed by atoms with Crippen LogP contribution in [0.2, 0.25) is 0 Å². The van der Waals surface area contributed by atoms with Gasteiger partial charge in [0.2, 0.25) is 0 Å². The van der Waals surface area contributed by atoms with Gasteiger partial charge in [-0.1, -0.05) is 0 Å². The molecule has 1 aliphatic rings. The van der Waals surface area contributed by atoms with E-state index in [1.165, 1.54) is 6.07 Å². The molecular formula is C9H6F4O. The molecule has 0 saturated heterocycles. The third-order valence-electron chi connectivity index (χ3n) is 2.06. The van der Waals surface area contributed by atoms with Crippen LogP contribution in [0.15, 0.2) is 18.2 Å². The molecule has 1 heterocycles. The molecule has 1 nitrogen and oxygen atoms in total. The van der Waals surface area contributed by atoms with Gasteiger partial charge in [-0.2, -0.15) is 13.2 Å². The van der Waals surface area contributed by atoms with Crippen molar-refractivity contribution in [1.29, 1.82) is 0 Å². The summed E-state index contributed by atoms with van der Waals surface area (Å²) in [4.78, 5) is 0. The van der Waals surface area contributed by atoms with Crippen LogP contribution in [0.1, 0.15) is 5.56 Å². The molecular weight excluding hydrogens is 200 g/mol. The van der Waals surface area contributed by atoms with Crippen molar-refractivity contribution in [3.8, 4) is 5.75 Å². The molecule has 5 heteroatoms. The number of hydrogen-bond acceptors (Lipinski definition) is 1. The monoisotopic (exact) mass is 206 g/mol. The summed E-state index contributed by atoms with van der Waals surface area (Å²) in [5.41, 5.74) is 0.271. The predicted octanol–water partition coefficient (Wildman–Crippen LogP) is 2.69. The molecule has 0 bridgehead atoms. The van der Waals surface area contributed by atoms with Gasteiger partial charge in [0.1, 0.15) is 11.6 Å². The fourth-order valence-corrected chi connectivity index (χ4v) is 1.40. The van der Waals surface area contributed by atoms with Gasteiger partial charge in [-0.25, -0.2) is 4.39 Å². The maximum absolute atomic E-state index is 12.6. The standard InChI is InChI=1S/C9H6F4O/c10-6-1-2-7-5(3-6)4-8(14-7)9(11,12)13/h1-3,8H,4H2. The Labute approximate surface area is 77.3 Å². The first-order valence-corrected chi connectivity index (χ1v) is 3.98. The van der Waals surface area contributed by atoms with E-state index in [9.17, 15) is 17.6 Å². The van der Waals surface area contributed by atoms with Crippen LogP contribution in [0.5, 0.6) is 5.75 Å². The van der Waals surface area contributed by atoms with Crippen LogP contribution < -0.4 is 4.74 Å². The molecule has 0 saturated carbocycles. The molecule has 76 valence electrons. The summed E-state index contributed by atoms with van der Waals surface area (Å²) in [6.45, 7) is 0. The number of rotatable bonds is 0. The number of hydrogen-bond donors (Lipinski definition) is 0. The van der Waals surface area contributed by atoms with Crippen LogP contribution >= 0.6 is 0 Å². The van der Waals surface area contributed by atoms with Gasteiger partial charge in [0.25, 0.3) is 0 Å². The summed E-state index contributed by atoms with van der Waals surface area (Å²) < 4.78 is 53.9. The van der Waals surface area contributed by atoms with Crippen molar-refractivity contribution >= 4 is 0 Å². The average molecular weight is 206 g/mol. The SMILES string of the molecule is Fc1ccc2c(c1)CC(C(F)(F)F)O2. The molecule has 1 atom stereocenters. The van der Waals surface area contributed by atoms with Gasteiger partial charge in [-0.15, -0.1) is 0 Å². The summed E-state index contributed by atoms with van der Waals surface area (Å²) in [6.07, 6.45) is -6.54. The van der Waals surface area contributed by atoms with Gasteiger partial charge in [-0.05, 0) is 18.2 Å². The Morgan fingerprint density at radius 1 is 1.29 bits per heavy atom. The van der Waals surface area contributed by atoms with E-state index in [1.807, 2.05) is 0 Å². The minimum atomic E-state index is -4.39. The quantitative estimate of drug-likeness (QED) is 0.593. The summed E-state index contributed by atoms with van der Waals surface area (Å²) in [7, 11) is 0. The largest absolute Gasteiger partial charge is 0.480 e. The second-order valence-corrected chi connectivity index (χ2v) is 3.10. The first-order valence-electron chi connectivity index (χ1n) is 3.98. The lowest BCUT2D eigenvalue weighted by molar-refractivity contribution is -0.189. The van der Waals surface area contributed by atoms with E-state index in [0.717, 1.165) is 12.1 Å². The summed E-state index contributed by atoms with van der Waals surface area (Å²) in [5, 5.41) is 0. The first-order chi connectivity index (χ1) is 6.47. The Balaban J connectivity index is 2.26. The van der Waals surface area contributed by atoms with Gasteiger partial charge < -0.3 is 4.74 Å². The average Bonchev–Trinajstić information content (AvgIpc) is 2.45. The topological polar surface area (TPSA) is 9.23 Å². The molecule has 1 aromatic carbocycles. The van der Waals surface area contributed by atoms with Gasteiger partial charge in [0.05, 0.1) is 0 Å². The van der Waals surface area contributed by atoms with Gasteiger partial charge in [-0.3, -0.25) is 0 Å². The van der Waals surface area contributed by atoms with E-state index in [0.29, 0.717) is 0 Å². The number of alkyl halides is 3. The van der Waals surface area contributed by atoms with E-state index < -0.39 is 18.1 Å². The fourth-order valence-electron chi connectivity index (χ4n) is 1.40. The van der Waals surface area contributed by atoms with Gasteiger partial charge in [0, 0.05) is 12.0 Å². The molecule has 0 amide bonds. The lowest BCUT2D eigenvalue weighted by Crippen LogP contribution is -2.32. The molecule has 1 unspecified atom stereocenters. The van der Waals surface area contributed by atoms with Crippen molar-refractivity contribution in [1.82, 2.24) is 0 Å². The fraction of sp³-hybridized carbons (Fsp3) is 0.333. The van der Waals surface area contributed by atoms with Crippen LogP contribution in [0.4, 0.5) is 17.6 Å². The third-order valence-corrected chi connectivity index (χ3v) is 2.06. The molecule has 0 aromatic heterocycles. The highest BCUT2D eigenvalue weighted by Crippen LogP contribution is 2.36. The molecule has 14 heavy (non-hydrogen) atoms.